The molecule has 0 saturated carbocycles. The second kappa shape index (κ2) is 7.89. The van der Waals surface area contributed by atoms with Crippen LogP contribution in [0.2, 0.25) is 0 Å². The summed E-state index contributed by atoms with van der Waals surface area (Å²) in [6, 6.07) is 8.23. The van der Waals surface area contributed by atoms with Crippen molar-refractivity contribution in [2.45, 2.75) is 19.9 Å². The highest BCUT2D eigenvalue weighted by molar-refractivity contribution is 7.90. The summed E-state index contributed by atoms with van der Waals surface area (Å²) >= 11 is 0. The van der Waals surface area contributed by atoms with Gasteiger partial charge in [-0.3, -0.25) is 4.99 Å². The highest BCUT2D eigenvalue weighted by Gasteiger charge is 2.04. The van der Waals surface area contributed by atoms with E-state index in [-0.39, 0.29) is 5.75 Å². The van der Waals surface area contributed by atoms with E-state index in [0.29, 0.717) is 19.0 Å². The molecule has 0 spiro atoms. The molecule has 20 heavy (non-hydrogen) atoms. The lowest BCUT2D eigenvalue weighted by atomic mass is 10.1. The number of guanidine groups is 1. The molecule has 0 aliphatic carbocycles. The van der Waals surface area contributed by atoms with Crippen molar-refractivity contribution in [1.29, 1.82) is 0 Å². The molecule has 5 nitrogen and oxygen atoms in total. The number of nitrogens with zero attached hydrogens (tertiary/aromatic N) is 1. The first-order valence-corrected chi connectivity index (χ1v) is 8.71. The van der Waals surface area contributed by atoms with Crippen LogP contribution in [0.3, 0.4) is 0 Å². The van der Waals surface area contributed by atoms with Gasteiger partial charge in [0.1, 0.15) is 9.84 Å². The van der Waals surface area contributed by atoms with E-state index in [9.17, 15) is 8.42 Å². The number of aryl methyl sites for hydroxylation is 1. The summed E-state index contributed by atoms with van der Waals surface area (Å²) < 4.78 is 22.1. The Kier molecular flexibility index (Phi) is 6.51. The van der Waals surface area contributed by atoms with Gasteiger partial charge in [-0.25, -0.2) is 8.42 Å². The molecule has 0 amide bonds. The van der Waals surface area contributed by atoms with E-state index in [1.807, 2.05) is 12.1 Å². The highest BCUT2D eigenvalue weighted by Crippen LogP contribution is 2.08. The third-order valence-corrected chi connectivity index (χ3v) is 3.88. The van der Waals surface area contributed by atoms with Crippen molar-refractivity contribution in [2.24, 2.45) is 4.99 Å². The fraction of sp³-hybridized carbons (Fsp3) is 0.500. The van der Waals surface area contributed by atoms with E-state index in [1.165, 1.54) is 17.4 Å². The van der Waals surface area contributed by atoms with E-state index < -0.39 is 9.84 Å². The van der Waals surface area contributed by atoms with Crippen LogP contribution < -0.4 is 10.6 Å². The molecule has 0 saturated heterocycles. The van der Waals surface area contributed by atoms with Gasteiger partial charge in [0.15, 0.2) is 5.96 Å². The Balaban J connectivity index is 2.50. The number of nitrogens with one attached hydrogen (secondary N) is 2. The Morgan fingerprint density at radius 1 is 1.20 bits per heavy atom. The van der Waals surface area contributed by atoms with Gasteiger partial charge >= 0.3 is 0 Å². The van der Waals surface area contributed by atoms with E-state index in [1.54, 1.807) is 7.05 Å². The summed E-state index contributed by atoms with van der Waals surface area (Å²) in [6.45, 7) is 3.15. The van der Waals surface area contributed by atoms with E-state index in [0.717, 1.165) is 6.42 Å². The lowest BCUT2D eigenvalue weighted by molar-refractivity contribution is 0.600. The minimum absolute atomic E-state index is 0.0965. The number of sulfone groups is 1. The second-order valence-corrected chi connectivity index (χ2v) is 6.86. The van der Waals surface area contributed by atoms with E-state index in [2.05, 4.69) is 34.7 Å². The lowest BCUT2D eigenvalue weighted by Crippen LogP contribution is -2.39. The molecule has 1 rings (SSSR count). The topological polar surface area (TPSA) is 70.6 Å². The summed E-state index contributed by atoms with van der Waals surface area (Å²) in [4.78, 5) is 4.08. The van der Waals surface area contributed by atoms with Gasteiger partial charge in [0.25, 0.3) is 0 Å². The fourth-order valence-electron chi connectivity index (χ4n) is 1.83. The van der Waals surface area contributed by atoms with Crippen LogP contribution in [0.25, 0.3) is 0 Å². The third kappa shape index (κ3) is 6.06. The zero-order valence-corrected chi connectivity index (χ0v) is 13.1. The monoisotopic (exact) mass is 297 g/mol. The van der Waals surface area contributed by atoms with Gasteiger partial charge in [0.2, 0.25) is 0 Å². The van der Waals surface area contributed by atoms with Gasteiger partial charge in [0.05, 0.1) is 5.75 Å². The predicted octanol–water partition coefficient (Wildman–Crippen LogP) is 0.959. The normalized spacial score (nSPS) is 12.2. The average molecular weight is 297 g/mol. The van der Waals surface area contributed by atoms with Crippen molar-refractivity contribution in [3.05, 3.63) is 35.4 Å². The Morgan fingerprint density at radius 2 is 1.85 bits per heavy atom. The quantitative estimate of drug-likeness (QED) is 0.606. The molecule has 0 aliphatic rings. The Bertz CT molecular complexity index is 553. The van der Waals surface area contributed by atoms with Crippen molar-refractivity contribution < 1.29 is 8.42 Å². The maximum Gasteiger partial charge on any atom is 0.191 e. The zero-order valence-electron chi connectivity index (χ0n) is 12.3. The van der Waals surface area contributed by atoms with E-state index >= 15 is 0 Å². The van der Waals surface area contributed by atoms with Gasteiger partial charge in [-0.05, 0) is 17.5 Å². The molecule has 1 aromatic carbocycles. The minimum atomic E-state index is -2.95. The standard InChI is InChI=1S/C14H23N3O2S/c1-4-12-7-5-6-8-13(12)11-17-14(15-2)16-9-10-20(3,18)19/h5-8H,4,9-11H2,1-3H3,(H2,15,16,17). The number of hydrogen-bond acceptors (Lipinski definition) is 3. The highest BCUT2D eigenvalue weighted by atomic mass is 32.2. The fourth-order valence-corrected chi connectivity index (χ4v) is 2.30. The summed E-state index contributed by atoms with van der Waals surface area (Å²) in [5.41, 5.74) is 2.52. The molecule has 0 aromatic heterocycles. The summed E-state index contributed by atoms with van der Waals surface area (Å²) in [7, 11) is -1.28. The van der Waals surface area contributed by atoms with Gasteiger partial charge in [-0.1, -0.05) is 31.2 Å². The molecule has 0 heterocycles. The Morgan fingerprint density at radius 3 is 2.40 bits per heavy atom. The Hall–Kier alpha value is -1.56. The van der Waals surface area contributed by atoms with Crippen LogP contribution >= 0.6 is 0 Å². The van der Waals surface area contributed by atoms with Crippen LogP contribution in [-0.2, 0) is 22.8 Å². The molecule has 0 fully saturated rings. The van der Waals surface area contributed by atoms with Gasteiger partial charge < -0.3 is 10.6 Å². The Labute approximate surface area is 121 Å². The first-order chi connectivity index (χ1) is 9.46. The minimum Gasteiger partial charge on any atom is -0.355 e. The van der Waals surface area contributed by atoms with Crippen molar-refractivity contribution in [2.75, 3.05) is 25.6 Å². The lowest BCUT2D eigenvalue weighted by Gasteiger charge is -2.13. The average Bonchev–Trinajstić information content (AvgIpc) is 2.41. The predicted molar refractivity (Wildman–Crippen MR) is 83.7 cm³/mol. The molecule has 0 atom stereocenters. The number of hydrogen-bond donors (Lipinski definition) is 2. The van der Waals surface area contributed by atoms with E-state index in [4.69, 9.17) is 0 Å². The summed E-state index contributed by atoms with van der Waals surface area (Å²) in [6.07, 6.45) is 2.21. The summed E-state index contributed by atoms with van der Waals surface area (Å²) in [5, 5.41) is 6.18. The van der Waals surface area contributed by atoms with Gasteiger partial charge in [-0.15, -0.1) is 0 Å². The summed E-state index contributed by atoms with van der Waals surface area (Å²) in [5.74, 6) is 0.707. The first kappa shape index (κ1) is 16.5. The smallest absolute Gasteiger partial charge is 0.191 e. The third-order valence-electron chi connectivity index (χ3n) is 2.93. The molecule has 6 heteroatoms. The van der Waals surface area contributed by atoms with Crippen molar-refractivity contribution in [1.82, 2.24) is 10.6 Å². The van der Waals surface area contributed by atoms with Crippen molar-refractivity contribution in [3.8, 4) is 0 Å². The first-order valence-electron chi connectivity index (χ1n) is 6.65. The van der Waals surface area contributed by atoms with Gasteiger partial charge in [0, 0.05) is 26.4 Å². The zero-order chi connectivity index (χ0) is 15.0. The molecule has 112 valence electrons. The van der Waals surface area contributed by atoms with Crippen LogP contribution in [0.5, 0.6) is 0 Å². The number of rotatable bonds is 6. The molecule has 0 radical (unpaired) electrons. The van der Waals surface area contributed by atoms with Crippen LogP contribution in [0.15, 0.2) is 29.3 Å². The molecular weight excluding hydrogens is 274 g/mol. The van der Waals surface area contributed by atoms with Crippen LogP contribution in [0.4, 0.5) is 0 Å². The molecule has 0 aliphatic heterocycles. The molecular formula is C14H23N3O2S. The van der Waals surface area contributed by atoms with Crippen molar-refractivity contribution in [3.63, 3.8) is 0 Å². The molecule has 0 bridgehead atoms. The largest absolute Gasteiger partial charge is 0.355 e. The molecule has 2 N–H and O–H groups in total. The van der Waals surface area contributed by atoms with Crippen LogP contribution in [0.1, 0.15) is 18.1 Å². The number of aliphatic imine (C=N–C) groups is 1. The van der Waals surface area contributed by atoms with Crippen LogP contribution in [-0.4, -0.2) is 40.0 Å². The molecule has 1 aromatic rings. The second-order valence-electron chi connectivity index (χ2n) is 4.60. The SMILES string of the molecule is CCc1ccccc1CNC(=NC)NCCS(C)(=O)=O. The number of benzene rings is 1. The van der Waals surface area contributed by atoms with Crippen molar-refractivity contribution >= 4 is 15.8 Å². The van der Waals surface area contributed by atoms with Crippen LogP contribution in [0, 0.1) is 0 Å². The molecule has 0 unspecified atom stereocenters. The maximum absolute atomic E-state index is 11.1. The van der Waals surface area contributed by atoms with Gasteiger partial charge in [-0.2, -0.15) is 0 Å². The maximum atomic E-state index is 11.1.